The van der Waals surface area contributed by atoms with Crippen molar-refractivity contribution in [3.63, 3.8) is 0 Å². The van der Waals surface area contributed by atoms with E-state index in [1.165, 1.54) is 0 Å². The molecule has 0 spiro atoms. The van der Waals surface area contributed by atoms with Crippen molar-refractivity contribution < 1.29 is 9.90 Å². The van der Waals surface area contributed by atoms with Crippen LogP contribution in [-0.4, -0.2) is 48.2 Å². The van der Waals surface area contributed by atoms with E-state index in [9.17, 15) is 4.79 Å². The summed E-state index contributed by atoms with van der Waals surface area (Å²) in [5.74, 6) is 0.193. The van der Waals surface area contributed by atoms with Crippen LogP contribution in [0.1, 0.15) is 33.6 Å². The molecule has 16 heavy (non-hydrogen) atoms. The smallest absolute Gasteiger partial charge is 0.228 e. The molecule has 1 heterocycles. The van der Waals surface area contributed by atoms with Gasteiger partial charge in [0.1, 0.15) is 0 Å². The lowest BCUT2D eigenvalue weighted by atomic mass is 9.79. The topological polar surface area (TPSA) is 52.6 Å². The highest BCUT2D eigenvalue weighted by Crippen LogP contribution is 2.30. The van der Waals surface area contributed by atoms with Gasteiger partial charge in [-0.2, -0.15) is 0 Å². The largest absolute Gasteiger partial charge is 0.395 e. The average Bonchev–Trinajstić information content (AvgIpc) is 2.25. The van der Waals surface area contributed by atoms with E-state index in [4.69, 9.17) is 5.11 Å². The fourth-order valence-corrected chi connectivity index (χ4v) is 2.24. The van der Waals surface area contributed by atoms with Crippen LogP contribution in [0.15, 0.2) is 0 Å². The minimum Gasteiger partial charge on any atom is -0.395 e. The number of nitrogens with zero attached hydrogens (tertiary/aromatic N) is 1. The van der Waals surface area contributed by atoms with E-state index in [2.05, 4.69) is 5.32 Å². The number of aliphatic hydroxyl groups excluding tert-OH is 1. The van der Waals surface area contributed by atoms with E-state index in [0.29, 0.717) is 6.54 Å². The summed E-state index contributed by atoms with van der Waals surface area (Å²) in [7, 11) is 0. The molecule has 1 fully saturated rings. The van der Waals surface area contributed by atoms with Gasteiger partial charge in [0.2, 0.25) is 5.91 Å². The number of amides is 1. The molecule has 0 aromatic heterocycles. The van der Waals surface area contributed by atoms with Crippen LogP contribution in [0, 0.1) is 5.41 Å². The van der Waals surface area contributed by atoms with E-state index < -0.39 is 0 Å². The van der Waals surface area contributed by atoms with Crippen LogP contribution >= 0.6 is 0 Å². The molecule has 1 aliphatic heterocycles. The van der Waals surface area contributed by atoms with Gasteiger partial charge in [-0.1, -0.05) is 6.92 Å². The number of hydrogen-bond donors (Lipinski definition) is 2. The van der Waals surface area contributed by atoms with E-state index in [1.807, 2.05) is 20.8 Å². The quantitative estimate of drug-likeness (QED) is 0.741. The highest BCUT2D eigenvalue weighted by molar-refractivity contribution is 5.82. The number of hydrogen-bond acceptors (Lipinski definition) is 3. The van der Waals surface area contributed by atoms with Crippen LogP contribution in [0.4, 0.5) is 0 Å². The average molecular weight is 228 g/mol. The number of piperidine rings is 1. The van der Waals surface area contributed by atoms with Crippen molar-refractivity contribution in [1.82, 2.24) is 10.2 Å². The van der Waals surface area contributed by atoms with Gasteiger partial charge in [-0.15, -0.1) is 0 Å². The highest BCUT2D eigenvalue weighted by atomic mass is 16.3. The molecule has 0 bridgehead atoms. The molecule has 0 saturated carbocycles. The zero-order valence-corrected chi connectivity index (χ0v) is 10.6. The molecule has 2 N–H and O–H groups in total. The fraction of sp³-hybridized carbons (Fsp3) is 0.917. The summed E-state index contributed by atoms with van der Waals surface area (Å²) in [4.78, 5) is 14.2. The maximum atomic E-state index is 12.4. The number of aliphatic hydroxyl groups is 1. The number of rotatable bonds is 4. The van der Waals surface area contributed by atoms with Crippen LogP contribution in [0.5, 0.6) is 0 Å². The molecule has 0 aromatic carbocycles. The Bertz CT molecular complexity index is 235. The molecule has 1 aliphatic rings. The highest BCUT2D eigenvalue weighted by Gasteiger charge is 2.38. The Morgan fingerprint density at radius 2 is 2.00 bits per heavy atom. The molecule has 0 unspecified atom stereocenters. The van der Waals surface area contributed by atoms with Crippen LogP contribution in [0.2, 0.25) is 0 Å². The molecule has 0 aliphatic carbocycles. The first-order valence-corrected chi connectivity index (χ1v) is 6.14. The zero-order valence-electron chi connectivity index (χ0n) is 10.6. The first-order chi connectivity index (χ1) is 7.51. The Morgan fingerprint density at radius 3 is 2.44 bits per heavy atom. The third kappa shape index (κ3) is 2.95. The fourth-order valence-electron chi connectivity index (χ4n) is 2.24. The molecular formula is C12H24N2O2. The minimum atomic E-state index is -0.245. The molecule has 0 atom stereocenters. The molecule has 0 aromatic rings. The third-order valence-corrected chi connectivity index (χ3v) is 3.45. The second kappa shape index (κ2) is 5.64. The van der Waals surface area contributed by atoms with Gasteiger partial charge in [-0.05, 0) is 39.8 Å². The maximum absolute atomic E-state index is 12.4. The van der Waals surface area contributed by atoms with E-state index in [-0.39, 0.29) is 24.0 Å². The molecule has 4 nitrogen and oxygen atoms in total. The summed E-state index contributed by atoms with van der Waals surface area (Å²) in [5.41, 5.74) is -0.245. The second-order valence-corrected chi connectivity index (χ2v) is 5.13. The minimum absolute atomic E-state index is 0.0399. The lowest BCUT2D eigenvalue weighted by Gasteiger charge is -2.39. The van der Waals surface area contributed by atoms with Crippen molar-refractivity contribution in [2.45, 2.75) is 39.7 Å². The van der Waals surface area contributed by atoms with Gasteiger partial charge in [0, 0.05) is 18.0 Å². The Kier molecular flexibility index (Phi) is 4.74. The van der Waals surface area contributed by atoms with E-state index in [0.717, 1.165) is 25.9 Å². The second-order valence-electron chi connectivity index (χ2n) is 5.13. The van der Waals surface area contributed by atoms with Gasteiger partial charge in [-0.3, -0.25) is 4.79 Å². The van der Waals surface area contributed by atoms with Gasteiger partial charge >= 0.3 is 0 Å². The Morgan fingerprint density at radius 1 is 1.44 bits per heavy atom. The van der Waals surface area contributed by atoms with E-state index in [1.54, 1.807) is 4.90 Å². The molecule has 1 rings (SSSR count). The summed E-state index contributed by atoms with van der Waals surface area (Å²) < 4.78 is 0. The van der Waals surface area contributed by atoms with Crippen LogP contribution < -0.4 is 5.32 Å². The van der Waals surface area contributed by atoms with E-state index >= 15 is 0 Å². The van der Waals surface area contributed by atoms with Crippen LogP contribution in [0.25, 0.3) is 0 Å². The molecule has 0 radical (unpaired) electrons. The van der Waals surface area contributed by atoms with Gasteiger partial charge in [0.05, 0.1) is 6.61 Å². The molecule has 1 saturated heterocycles. The van der Waals surface area contributed by atoms with Gasteiger partial charge in [0.15, 0.2) is 0 Å². The summed E-state index contributed by atoms with van der Waals surface area (Å²) >= 11 is 0. The van der Waals surface area contributed by atoms with Crippen molar-refractivity contribution in [2.24, 2.45) is 5.41 Å². The molecule has 4 heteroatoms. The molecule has 1 amide bonds. The first-order valence-electron chi connectivity index (χ1n) is 6.14. The van der Waals surface area contributed by atoms with Crippen LogP contribution in [0.3, 0.4) is 0 Å². The van der Waals surface area contributed by atoms with Crippen molar-refractivity contribution in [2.75, 3.05) is 26.2 Å². The molecular weight excluding hydrogens is 204 g/mol. The van der Waals surface area contributed by atoms with Crippen molar-refractivity contribution in [3.05, 3.63) is 0 Å². The maximum Gasteiger partial charge on any atom is 0.228 e. The normalized spacial score (nSPS) is 19.8. The monoisotopic (exact) mass is 228 g/mol. The first kappa shape index (κ1) is 13.5. The lowest BCUT2D eigenvalue weighted by molar-refractivity contribution is -0.145. The Hall–Kier alpha value is -0.610. The van der Waals surface area contributed by atoms with Crippen molar-refractivity contribution in [1.29, 1.82) is 0 Å². The van der Waals surface area contributed by atoms with Crippen molar-refractivity contribution >= 4 is 5.91 Å². The predicted molar refractivity (Wildman–Crippen MR) is 64.1 cm³/mol. The summed E-state index contributed by atoms with van der Waals surface area (Å²) in [6.07, 6.45) is 1.78. The summed E-state index contributed by atoms with van der Waals surface area (Å²) in [6.45, 7) is 8.34. The van der Waals surface area contributed by atoms with Gasteiger partial charge in [0.25, 0.3) is 0 Å². The Balaban J connectivity index is 2.72. The molecule has 94 valence electrons. The number of carbonyl (C=O) groups excluding carboxylic acids is 1. The predicted octanol–water partition coefficient (Wildman–Crippen LogP) is 0.605. The summed E-state index contributed by atoms with van der Waals surface area (Å²) in [5, 5.41) is 12.3. The zero-order chi connectivity index (χ0) is 12.2. The summed E-state index contributed by atoms with van der Waals surface area (Å²) in [6, 6.07) is 0.159. The van der Waals surface area contributed by atoms with Gasteiger partial charge < -0.3 is 15.3 Å². The van der Waals surface area contributed by atoms with Crippen LogP contribution in [-0.2, 0) is 4.79 Å². The lowest BCUT2D eigenvalue weighted by Crippen LogP contribution is -2.50. The number of nitrogens with one attached hydrogen (secondary N) is 1. The SMILES string of the molecule is CC(C)N(CCO)C(=O)C1(C)CCNCC1. The van der Waals surface area contributed by atoms with Crippen molar-refractivity contribution in [3.8, 4) is 0 Å². The number of carbonyl (C=O) groups is 1. The third-order valence-electron chi connectivity index (χ3n) is 3.45. The standard InChI is InChI=1S/C12H24N2O2/c1-10(2)14(8-9-15)11(16)12(3)4-6-13-7-5-12/h10,13,15H,4-9H2,1-3H3. The Labute approximate surface area is 98.0 Å². The van der Waals surface area contributed by atoms with Gasteiger partial charge in [-0.25, -0.2) is 0 Å².